The van der Waals surface area contributed by atoms with Gasteiger partial charge in [0.15, 0.2) is 0 Å². The molecule has 7 heteroatoms. The molecule has 0 aliphatic carbocycles. The van der Waals surface area contributed by atoms with Crippen LogP contribution in [0.15, 0.2) is 12.5 Å². The average Bonchev–Trinajstić information content (AvgIpc) is 2.65. The summed E-state index contributed by atoms with van der Waals surface area (Å²) in [7, 11) is 3.09. The highest BCUT2D eigenvalue weighted by atomic mass is 35.5. The van der Waals surface area contributed by atoms with Gasteiger partial charge in [0.05, 0.1) is 19.1 Å². The molecule has 0 radical (unpaired) electrons. The average molecular weight is 256 g/mol. The van der Waals surface area contributed by atoms with E-state index in [1.165, 1.54) is 7.11 Å². The van der Waals surface area contributed by atoms with Gasteiger partial charge in [0, 0.05) is 12.6 Å². The number of nitrogens with zero attached hydrogens (tertiary/aromatic N) is 1. The maximum atomic E-state index is 11.1. The predicted molar refractivity (Wildman–Crippen MR) is 61.7 cm³/mol. The molecule has 0 bridgehead atoms. The molecule has 1 heterocycles. The molecule has 0 fully saturated rings. The first kappa shape index (κ1) is 16.6. The number of rotatable bonds is 4. The molecule has 88 valence electrons. The van der Waals surface area contributed by atoms with Crippen molar-refractivity contribution in [2.24, 2.45) is 0 Å². The highest BCUT2D eigenvalue weighted by Crippen LogP contribution is 1.99. The van der Waals surface area contributed by atoms with E-state index in [1.54, 1.807) is 19.6 Å². The molecule has 2 N–H and O–H groups in total. The summed E-state index contributed by atoms with van der Waals surface area (Å²) < 4.78 is 4.61. The van der Waals surface area contributed by atoms with E-state index in [-0.39, 0.29) is 36.8 Å². The summed E-state index contributed by atoms with van der Waals surface area (Å²) in [5, 5.41) is 2.86. The van der Waals surface area contributed by atoms with Crippen LogP contribution in [0.3, 0.4) is 0 Å². The Kier molecular flexibility index (Phi) is 9.46. The van der Waals surface area contributed by atoms with E-state index in [0.29, 0.717) is 6.42 Å². The second-order valence-electron chi connectivity index (χ2n) is 2.63. The minimum absolute atomic E-state index is 0. The molecule has 1 aromatic rings. The van der Waals surface area contributed by atoms with Crippen LogP contribution in [0.1, 0.15) is 5.69 Å². The van der Waals surface area contributed by atoms with Crippen LogP contribution in [0.25, 0.3) is 0 Å². The van der Waals surface area contributed by atoms with Gasteiger partial charge in [-0.2, -0.15) is 0 Å². The number of halogens is 2. The second-order valence-corrected chi connectivity index (χ2v) is 2.63. The molecule has 0 aliphatic rings. The minimum atomic E-state index is -0.326. The topological polar surface area (TPSA) is 67.0 Å². The van der Waals surface area contributed by atoms with E-state index in [4.69, 9.17) is 0 Å². The molecule has 0 amide bonds. The normalized spacial score (nSPS) is 10.8. The van der Waals surface area contributed by atoms with Gasteiger partial charge in [0.1, 0.15) is 6.04 Å². The maximum absolute atomic E-state index is 11.1. The van der Waals surface area contributed by atoms with Crippen LogP contribution in [0.4, 0.5) is 0 Å². The summed E-state index contributed by atoms with van der Waals surface area (Å²) in [6.45, 7) is 0. The van der Waals surface area contributed by atoms with Crippen molar-refractivity contribution < 1.29 is 9.53 Å². The zero-order valence-electron chi connectivity index (χ0n) is 8.52. The molecule has 0 aliphatic heterocycles. The van der Waals surface area contributed by atoms with Crippen molar-refractivity contribution in [2.45, 2.75) is 12.5 Å². The van der Waals surface area contributed by atoms with Crippen LogP contribution in [0.5, 0.6) is 0 Å². The SMILES string of the molecule is CNC(Cc1c[nH]cn1)C(=O)OC.Cl.Cl. The molecule has 1 atom stereocenters. The van der Waals surface area contributed by atoms with Crippen molar-refractivity contribution in [3.8, 4) is 0 Å². The Bertz CT molecular complexity index is 267. The largest absolute Gasteiger partial charge is 0.468 e. The van der Waals surface area contributed by atoms with E-state index < -0.39 is 0 Å². The number of carbonyl (C=O) groups is 1. The first-order chi connectivity index (χ1) is 6.27. The number of aromatic nitrogens is 2. The lowest BCUT2D eigenvalue weighted by molar-refractivity contribution is -0.142. The first-order valence-electron chi connectivity index (χ1n) is 4.00. The third-order valence-corrected chi connectivity index (χ3v) is 1.80. The summed E-state index contributed by atoms with van der Waals surface area (Å²) >= 11 is 0. The summed E-state index contributed by atoms with van der Waals surface area (Å²) in [6.07, 6.45) is 3.87. The van der Waals surface area contributed by atoms with Crippen molar-refractivity contribution >= 4 is 30.8 Å². The number of methoxy groups -OCH3 is 1. The van der Waals surface area contributed by atoms with E-state index in [2.05, 4.69) is 20.0 Å². The monoisotopic (exact) mass is 255 g/mol. The van der Waals surface area contributed by atoms with Crippen LogP contribution >= 0.6 is 24.8 Å². The first-order valence-corrected chi connectivity index (χ1v) is 4.00. The highest BCUT2D eigenvalue weighted by molar-refractivity contribution is 5.85. The fourth-order valence-electron chi connectivity index (χ4n) is 1.06. The standard InChI is InChI=1S/C8H13N3O2.2ClH/c1-9-7(8(12)13-2)3-6-4-10-5-11-6;;/h4-5,7,9H,3H2,1-2H3,(H,10,11);2*1H. The van der Waals surface area contributed by atoms with Crippen molar-refractivity contribution in [1.29, 1.82) is 0 Å². The lowest BCUT2D eigenvalue weighted by atomic mass is 10.2. The number of aromatic amines is 1. The van der Waals surface area contributed by atoms with Gasteiger partial charge in [-0.05, 0) is 7.05 Å². The van der Waals surface area contributed by atoms with Crippen LogP contribution < -0.4 is 5.32 Å². The van der Waals surface area contributed by atoms with Crippen molar-refractivity contribution in [1.82, 2.24) is 15.3 Å². The number of H-pyrrole nitrogens is 1. The second kappa shape index (κ2) is 8.52. The van der Waals surface area contributed by atoms with Gasteiger partial charge >= 0.3 is 5.97 Å². The molecule has 5 nitrogen and oxygen atoms in total. The van der Waals surface area contributed by atoms with Crippen LogP contribution in [-0.4, -0.2) is 36.1 Å². The smallest absolute Gasteiger partial charge is 0.323 e. The van der Waals surface area contributed by atoms with Crippen molar-refractivity contribution in [2.75, 3.05) is 14.2 Å². The van der Waals surface area contributed by atoms with E-state index in [1.807, 2.05) is 0 Å². The Balaban J connectivity index is 0. The van der Waals surface area contributed by atoms with Crippen LogP contribution in [0.2, 0.25) is 0 Å². The quantitative estimate of drug-likeness (QED) is 0.772. The molecular formula is C8H15Cl2N3O2. The van der Waals surface area contributed by atoms with E-state index in [9.17, 15) is 4.79 Å². The molecule has 0 aromatic carbocycles. The summed E-state index contributed by atoms with van der Waals surface area (Å²) in [5.41, 5.74) is 0.838. The molecule has 1 rings (SSSR count). The predicted octanol–water partition coefficient (Wildman–Crippen LogP) is 0.557. The summed E-state index contributed by atoms with van der Waals surface area (Å²) in [5.74, 6) is -0.273. The van der Waals surface area contributed by atoms with Gasteiger partial charge in [0.2, 0.25) is 0 Å². The lowest BCUT2D eigenvalue weighted by Gasteiger charge is -2.11. The van der Waals surface area contributed by atoms with Crippen LogP contribution in [0, 0.1) is 0 Å². The minimum Gasteiger partial charge on any atom is -0.468 e. The Labute approximate surface area is 101 Å². The van der Waals surface area contributed by atoms with Crippen molar-refractivity contribution in [3.63, 3.8) is 0 Å². The molecular weight excluding hydrogens is 241 g/mol. The van der Waals surface area contributed by atoms with Gasteiger partial charge < -0.3 is 15.0 Å². The number of likely N-dealkylation sites (N-methyl/N-ethyl adjacent to an activating group) is 1. The van der Waals surface area contributed by atoms with Gasteiger partial charge in [-0.1, -0.05) is 0 Å². The number of hydrogen-bond acceptors (Lipinski definition) is 4. The highest BCUT2D eigenvalue weighted by Gasteiger charge is 2.17. The number of hydrogen-bond donors (Lipinski definition) is 2. The number of carbonyl (C=O) groups excluding carboxylic acids is 1. The van der Waals surface area contributed by atoms with Crippen molar-refractivity contribution in [3.05, 3.63) is 18.2 Å². The molecule has 15 heavy (non-hydrogen) atoms. The van der Waals surface area contributed by atoms with E-state index in [0.717, 1.165) is 5.69 Å². The zero-order valence-corrected chi connectivity index (χ0v) is 10.2. The molecule has 1 unspecified atom stereocenters. The third kappa shape index (κ3) is 5.01. The number of ether oxygens (including phenoxy) is 1. The number of esters is 1. The number of nitrogens with one attached hydrogen (secondary N) is 2. The molecule has 1 aromatic heterocycles. The van der Waals surface area contributed by atoms with Gasteiger partial charge in [-0.25, -0.2) is 4.98 Å². The molecule has 0 saturated heterocycles. The molecule has 0 spiro atoms. The van der Waals surface area contributed by atoms with Gasteiger partial charge in [0.25, 0.3) is 0 Å². The van der Waals surface area contributed by atoms with Crippen LogP contribution in [-0.2, 0) is 16.0 Å². The zero-order chi connectivity index (χ0) is 9.68. The van der Waals surface area contributed by atoms with E-state index >= 15 is 0 Å². The summed E-state index contributed by atoms with van der Waals surface area (Å²) in [6, 6.07) is -0.326. The molecule has 0 saturated carbocycles. The fraction of sp³-hybridized carbons (Fsp3) is 0.500. The van der Waals surface area contributed by atoms with Gasteiger partial charge in [-0.3, -0.25) is 4.79 Å². The Morgan fingerprint density at radius 3 is 2.73 bits per heavy atom. The fourth-order valence-corrected chi connectivity index (χ4v) is 1.06. The third-order valence-electron chi connectivity index (χ3n) is 1.80. The maximum Gasteiger partial charge on any atom is 0.323 e. The number of imidazole rings is 1. The lowest BCUT2D eigenvalue weighted by Crippen LogP contribution is -2.36. The summed E-state index contributed by atoms with van der Waals surface area (Å²) in [4.78, 5) is 18.0. The Morgan fingerprint density at radius 1 is 1.67 bits per heavy atom. The van der Waals surface area contributed by atoms with Gasteiger partial charge in [-0.15, -0.1) is 24.8 Å². The Morgan fingerprint density at radius 2 is 2.33 bits per heavy atom. The Hall–Kier alpha value is -0.780.